The predicted molar refractivity (Wildman–Crippen MR) is 95.1 cm³/mol. The molecule has 0 bridgehead atoms. The van der Waals surface area contributed by atoms with Crippen molar-refractivity contribution in [3.05, 3.63) is 29.0 Å². The monoisotopic (exact) mass is 363 g/mol. The number of methoxy groups -OCH3 is 1. The largest absolute Gasteiger partial charge is 0.495 e. The average molecular weight is 364 g/mol. The molecule has 0 aliphatic carbocycles. The van der Waals surface area contributed by atoms with Crippen LogP contribution in [0, 0.1) is 0 Å². The van der Waals surface area contributed by atoms with Crippen LogP contribution < -0.4 is 4.74 Å². The minimum Gasteiger partial charge on any atom is -0.495 e. The van der Waals surface area contributed by atoms with Crippen molar-refractivity contribution >= 4 is 27.9 Å². The molecule has 1 saturated heterocycles. The van der Waals surface area contributed by atoms with Gasteiger partial charge in [0.15, 0.2) is 5.82 Å². The zero-order valence-corrected chi connectivity index (χ0v) is 15.1. The zero-order chi connectivity index (χ0) is 16.7. The van der Waals surface area contributed by atoms with Gasteiger partial charge in [0.05, 0.1) is 12.1 Å². The van der Waals surface area contributed by atoms with Crippen molar-refractivity contribution in [2.45, 2.75) is 18.8 Å². The van der Waals surface area contributed by atoms with Gasteiger partial charge in [0, 0.05) is 18.0 Å². The standard InChI is InChI=1S/C16H18ClN5OS/c1-21-7-3-4-11(9-21)14-18-19-16-22(14)20-15(24-16)10-5-6-13(23-2)12(17)8-10/h5-6,8,11H,3-4,7,9H2,1-2H3. The SMILES string of the molecule is COc1ccc(-c2nn3c(C4CCCN(C)C4)nnc3s2)cc1Cl. The van der Waals surface area contributed by atoms with Crippen LogP contribution >= 0.6 is 22.9 Å². The number of likely N-dealkylation sites (tertiary alicyclic amines) is 1. The highest BCUT2D eigenvalue weighted by atomic mass is 35.5. The summed E-state index contributed by atoms with van der Waals surface area (Å²) in [4.78, 5) is 3.16. The molecule has 3 heterocycles. The van der Waals surface area contributed by atoms with E-state index in [1.807, 2.05) is 22.7 Å². The Morgan fingerprint density at radius 1 is 1.33 bits per heavy atom. The summed E-state index contributed by atoms with van der Waals surface area (Å²) in [6.07, 6.45) is 2.31. The van der Waals surface area contributed by atoms with E-state index in [0.717, 1.165) is 40.9 Å². The quantitative estimate of drug-likeness (QED) is 0.714. The van der Waals surface area contributed by atoms with Gasteiger partial charge < -0.3 is 9.64 Å². The Balaban J connectivity index is 1.70. The van der Waals surface area contributed by atoms with Crippen LogP contribution in [-0.4, -0.2) is 52.0 Å². The lowest BCUT2D eigenvalue weighted by Gasteiger charge is -2.28. The van der Waals surface area contributed by atoms with Crippen molar-refractivity contribution in [3.8, 4) is 16.3 Å². The van der Waals surface area contributed by atoms with Crippen LogP contribution in [0.5, 0.6) is 5.75 Å². The third-order valence-electron chi connectivity index (χ3n) is 4.40. The number of likely N-dealkylation sites (N-methyl/N-ethyl adjacent to an activating group) is 1. The highest BCUT2D eigenvalue weighted by Gasteiger charge is 2.25. The number of halogens is 1. The van der Waals surface area contributed by atoms with E-state index in [0.29, 0.717) is 16.7 Å². The number of ether oxygens (including phenoxy) is 1. The van der Waals surface area contributed by atoms with Crippen LogP contribution in [0.1, 0.15) is 24.6 Å². The lowest BCUT2D eigenvalue weighted by Crippen LogP contribution is -2.31. The number of hydrogen-bond acceptors (Lipinski definition) is 6. The van der Waals surface area contributed by atoms with Gasteiger partial charge in [-0.05, 0) is 44.6 Å². The van der Waals surface area contributed by atoms with Crippen LogP contribution in [0.2, 0.25) is 5.02 Å². The van der Waals surface area contributed by atoms with Crippen LogP contribution in [0.25, 0.3) is 15.5 Å². The van der Waals surface area contributed by atoms with Gasteiger partial charge in [-0.1, -0.05) is 22.9 Å². The van der Waals surface area contributed by atoms with E-state index < -0.39 is 0 Å². The lowest BCUT2D eigenvalue weighted by atomic mass is 9.98. The molecule has 1 aromatic carbocycles. The first-order chi connectivity index (χ1) is 11.7. The Labute approximate surface area is 149 Å². The van der Waals surface area contributed by atoms with Crippen LogP contribution in [0.3, 0.4) is 0 Å². The Bertz CT molecular complexity index is 877. The molecule has 0 spiro atoms. The molecule has 1 aliphatic heterocycles. The fraction of sp³-hybridized carbons (Fsp3) is 0.438. The number of aromatic nitrogens is 4. The van der Waals surface area contributed by atoms with E-state index in [1.54, 1.807) is 7.11 Å². The molecule has 0 N–H and O–H groups in total. The number of benzene rings is 1. The van der Waals surface area contributed by atoms with Crippen molar-refractivity contribution in [1.29, 1.82) is 0 Å². The summed E-state index contributed by atoms with van der Waals surface area (Å²) in [6, 6.07) is 5.70. The number of piperidine rings is 1. The minimum atomic E-state index is 0.383. The van der Waals surface area contributed by atoms with Gasteiger partial charge in [0.2, 0.25) is 4.96 Å². The lowest BCUT2D eigenvalue weighted by molar-refractivity contribution is 0.244. The predicted octanol–water partition coefficient (Wildman–Crippen LogP) is 3.32. The molecule has 0 saturated carbocycles. The van der Waals surface area contributed by atoms with E-state index in [-0.39, 0.29) is 0 Å². The summed E-state index contributed by atoms with van der Waals surface area (Å²) in [5.41, 5.74) is 0.961. The van der Waals surface area contributed by atoms with Crippen molar-refractivity contribution in [3.63, 3.8) is 0 Å². The van der Waals surface area contributed by atoms with Crippen molar-refractivity contribution in [2.75, 3.05) is 27.2 Å². The Kier molecular flexibility index (Phi) is 4.15. The topological polar surface area (TPSA) is 55.6 Å². The summed E-state index contributed by atoms with van der Waals surface area (Å²) in [7, 11) is 3.76. The Morgan fingerprint density at radius 3 is 2.96 bits per heavy atom. The molecular weight excluding hydrogens is 346 g/mol. The fourth-order valence-electron chi connectivity index (χ4n) is 3.18. The highest BCUT2D eigenvalue weighted by Crippen LogP contribution is 2.33. The Morgan fingerprint density at radius 2 is 2.21 bits per heavy atom. The van der Waals surface area contributed by atoms with Crippen LogP contribution in [0.15, 0.2) is 18.2 Å². The van der Waals surface area contributed by atoms with Gasteiger partial charge in [-0.15, -0.1) is 10.2 Å². The average Bonchev–Trinajstić information content (AvgIpc) is 3.15. The number of nitrogens with zero attached hydrogens (tertiary/aromatic N) is 5. The van der Waals surface area contributed by atoms with E-state index >= 15 is 0 Å². The minimum absolute atomic E-state index is 0.383. The number of fused-ring (bicyclic) bond motifs is 1. The first-order valence-corrected chi connectivity index (χ1v) is 9.09. The van der Waals surface area contributed by atoms with E-state index in [9.17, 15) is 0 Å². The molecule has 3 aromatic rings. The van der Waals surface area contributed by atoms with Crippen molar-refractivity contribution in [1.82, 2.24) is 24.7 Å². The molecule has 6 nitrogen and oxygen atoms in total. The van der Waals surface area contributed by atoms with Crippen LogP contribution in [-0.2, 0) is 0 Å². The van der Waals surface area contributed by atoms with Gasteiger partial charge in [-0.3, -0.25) is 0 Å². The molecule has 2 aromatic heterocycles. The first-order valence-electron chi connectivity index (χ1n) is 7.90. The molecule has 0 radical (unpaired) electrons. The first kappa shape index (κ1) is 15.8. The normalized spacial score (nSPS) is 19.0. The fourth-order valence-corrected chi connectivity index (χ4v) is 4.28. The summed E-state index contributed by atoms with van der Waals surface area (Å²) in [5, 5.41) is 14.9. The molecule has 8 heteroatoms. The molecule has 1 unspecified atom stereocenters. The van der Waals surface area contributed by atoms with Crippen molar-refractivity contribution < 1.29 is 4.74 Å². The molecule has 1 aliphatic rings. The van der Waals surface area contributed by atoms with E-state index in [2.05, 4.69) is 22.1 Å². The van der Waals surface area contributed by atoms with Gasteiger partial charge >= 0.3 is 0 Å². The van der Waals surface area contributed by atoms with E-state index in [4.69, 9.17) is 21.4 Å². The summed E-state index contributed by atoms with van der Waals surface area (Å²) >= 11 is 7.76. The molecule has 1 atom stereocenters. The molecule has 0 amide bonds. The smallest absolute Gasteiger partial charge is 0.234 e. The maximum absolute atomic E-state index is 6.23. The highest BCUT2D eigenvalue weighted by molar-refractivity contribution is 7.19. The molecule has 1 fully saturated rings. The van der Waals surface area contributed by atoms with Gasteiger partial charge in [0.25, 0.3) is 0 Å². The molecular formula is C16H18ClN5OS. The van der Waals surface area contributed by atoms with Crippen molar-refractivity contribution in [2.24, 2.45) is 0 Å². The second-order valence-electron chi connectivity index (χ2n) is 6.11. The third kappa shape index (κ3) is 2.76. The zero-order valence-electron chi connectivity index (χ0n) is 13.6. The van der Waals surface area contributed by atoms with E-state index in [1.165, 1.54) is 17.8 Å². The van der Waals surface area contributed by atoms with Gasteiger partial charge in [-0.2, -0.15) is 9.61 Å². The molecule has 4 rings (SSSR count). The second kappa shape index (κ2) is 6.31. The van der Waals surface area contributed by atoms with Crippen LogP contribution in [0.4, 0.5) is 0 Å². The van der Waals surface area contributed by atoms with Gasteiger partial charge in [0.1, 0.15) is 10.8 Å². The van der Waals surface area contributed by atoms with Gasteiger partial charge in [-0.25, -0.2) is 0 Å². The second-order valence-corrected chi connectivity index (χ2v) is 7.47. The number of rotatable bonds is 3. The summed E-state index contributed by atoms with van der Waals surface area (Å²) in [6.45, 7) is 2.15. The summed E-state index contributed by atoms with van der Waals surface area (Å²) in [5.74, 6) is 2.00. The maximum atomic E-state index is 6.23. The molecule has 24 heavy (non-hydrogen) atoms. The number of hydrogen-bond donors (Lipinski definition) is 0. The maximum Gasteiger partial charge on any atom is 0.234 e. The summed E-state index contributed by atoms with van der Waals surface area (Å²) < 4.78 is 7.10. The Hall–Kier alpha value is -1.70. The third-order valence-corrected chi connectivity index (χ3v) is 5.65. The molecule has 126 valence electrons.